The van der Waals surface area contributed by atoms with Crippen molar-refractivity contribution in [3.8, 4) is 0 Å². The topological polar surface area (TPSA) is 113 Å². The van der Waals surface area contributed by atoms with Gasteiger partial charge in [0, 0.05) is 38.6 Å². The third kappa shape index (κ3) is 5.15. The Hall–Kier alpha value is -2.27. The lowest BCUT2D eigenvalue weighted by Crippen LogP contribution is -2.43. The fourth-order valence-corrected chi connectivity index (χ4v) is 5.33. The summed E-state index contributed by atoms with van der Waals surface area (Å²) in [6.45, 7) is 3.78. The Morgan fingerprint density at radius 2 is 1.81 bits per heavy atom. The molecule has 1 N–H and O–H groups in total. The van der Waals surface area contributed by atoms with Gasteiger partial charge in [0.15, 0.2) is 5.65 Å². The second kappa shape index (κ2) is 9.47. The number of fused-ring (bicyclic) bond motifs is 1. The molecular formula is C20H31N7O3S. The number of nitrogens with one attached hydrogen (secondary N) is 1. The second-order valence-electron chi connectivity index (χ2n) is 8.43. The molecule has 0 saturated carbocycles. The van der Waals surface area contributed by atoms with Crippen LogP contribution in [0.3, 0.4) is 0 Å². The van der Waals surface area contributed by atoms with Gasteiger partial charge in [0.1, 0.15) is 12.1 Å². The maximum atomic E-state index is 12.5. The summed E-state index contributed by atoms with van der Waals surface area (Å²) in [5.41, 5.74) is 0.782. The lowest BCUT2D eigenvalue weighted by Gasteiger charge is -2.29. The maximum absolute atomic E-state index is 12.5. The quantitative estimate of drug-likeness (QED) is 0.700. The van der Waals surface area contributed by atoms with Crippen LogP contribution in [0.5, 0.6) is 0 Å². The number of nitrogens with zero attached hydrogens (tertiary/aromatic N) is 6. The monoisotopic (exact) mass is 449 g/mol. The molecule has 0 radical (unpaired) electrons. The Morgan fingerprint density at radius 1 is 1.10 bits per heavy atom. The van der Waals surface area contributed by atoms with E-state index in [2.05, 4.69) is 25.3 Å². The van der Waals surface area contributed by atoms with Crippen LogP contribution >= 0.6 is 0 Å². The van der Waals surface area contributed by atoms with Gasteiger partial charge in [-0.2, -0.15) is 5.10 Å². The molecule has 10 nitrogen and oxygen atoms in total. The Kier molecular flexibility index (Phi) is 6.71. The van der Waals surface area contributed by atoms with E-state index in [0.29, 0.717) is 39.0 Å². The van der Waals surface area contributed by atoms with E-state index in [1.165, 1.54) is 36.2 Å². The van der Waals surface area contributed by atoms with Gasteiger partial charge in [-0.05, 0) is 25.7 Å². The zero-order valence-corrected chi connectivity index (χ0v) is 18.9. The van der Waals surface area contributed by atoms with Crippen LogP contribution in [-0.2, 0) is 21.4 Å². The molecule has 0 aliphatic carbocycles. The van der Waals surface area contributed by atoms with Gasteiger partial charge in [0.2, 0.25) is 15.9 Å². The predicted molar refractivity (Wildman–Crippen MR) is 118 cm³/mol. The molecule has 0 aromatic carbocycles. The summed E-state index contributed by atoms with van der Waals surface area (Å²) in [6.07, 6.45) is 10.6. The highest BCUT2D eigenvalue weighted by atomic mass is 32.2. The van der Waals surface area contributed by atoms with Crippen molar-refractivity contribution in [2.45, 2.75) is 45.1 Å². The molecular weight excluding hydrogens is 418 g/mol. The molecule has 2 aromatic heterocycles. The zero-order valence-electron chi connectivity index (χ0n) is 18.0. The molecule has 4 heterocycles. The smallest absolute Gasteiger partial charge is 0.223 e. The number of anilines is 1. The normalized spacial score (nSPS) is 19.5. The number of hydrogen-bond donors (Lipinski definition) is 1. The van der Waals surface area contributed by atoms with Crippen LogP contribution in [-0.4, -0.2) is 77.4 Å². The van der Waals surface area contributed by atoms with Gasteiger partial charge in [-0.25, -0.2) is 27.4 Å². The van der Waals surface area contributed by atoms with E-state index in [1.807, 2.05) is 10.9 Å². The van der Waals surface area contributed by atoms with E-state index in [1.54, 1.807) is 6.33 Å². The molecule has 0 unspecified atom stereocenters. The fraction of sp³-hybridized carbons (Fsp3) is 0.700. The number of carbonyl (C=O) groups is 1. The van der Waals surface area contributed by atoms with E-state index in [9.17, 15) is 13.2 Å². The highest BCUT2D eigenvalue weighted by Crippen LogP contribution is 2.25. The Labute approximate surface area is 183 Å². The standard InChI is InChI=1S/C20H31N7O3S/c1-31(29,30)26-11-6-16(7-12-26)20(28)21-8-13-27-19-17(14-24-27)18(22-15-23-19)25-9-4-2-3-5-10-25/h14-16H,2-13H2,1H3,(H,21,28). The molecule has 11 heteroatoms. The van der Waals surface area contributed by atoms with Gasteiger partial charge in [0.25, 0.3) is 0 Å². The van der Waals surface area contributed by atoms with Crippen LogP contribution in [0.25, 0.3) is 11.0 Å². The van der Waals surface area contributed by atoms with E-state index < -0.39 is 10.0 Å². The maximum Gasteiger partial charge on any atom is 0.223 e. The van der Waals surface area contributed by atoms with E-state index in [4.69, 9.17) is 0 Å². The van der Waals surface area contributed by atoms with Gasteiger partial charge in [-0.15, -0.1) is 0 Å². The number of sulfonamides is 1. The molecule has 1 amide bonds. The first kappa shape index (κ1) is 21.9. The summed E-state index contributed by atoms with van der Waals surface area (Å²) in [5.74, 6) is 0.772. The molecule has 2 aromatic rings. The zero-order chi connectivity index (χ0) is 21.8. The summed E-state index contributed by atoms with van der Waals surface area (Å²) in [4.78, 5) is 23.8. The Bertz CT molecular complexity index is 1010. The van der Waals surface area contributed by atoms with Crippen molar-refractivity contribution in [2.75, 3.05) is 43.9 Å². The second-order valence-corrected chi connectivity index (χ2v) is 10.4. The number of hydrogen-bond acceptors (Lipinski definition) is 7. The number of aromatic nitrogens is 4. The largest absolute Gasteiger partial charge is 0.356 e. The number of piperidine rings is 1. The molecule has 170 valence electrons. The summed E-state index contributed by atoms with van der Waals surface area (Å²) in [7, 11) is -3.18. The van der Waals surface area contributed by atoms with Crippen molar-refractivity contribution in [1.82, 2.24) is 29.4 Å². The molecule has 0 bridgehead atoms. The first-order valence-electron chi connectivity index (χ1n) is 11.1. The molecule has 31 heavy (non-hydrogen) atoms. The SMILES string of the molecule is CS(=O)(=O)N1CCC(C(=O)NCCn2ncc3c(N4CCCCCC4)ncnc32)CC1. The van der Waals surface area contributed by atoms with Crippen molar-refractivity contribution in [3.63, 3.8) is 0 Å². The van der Waals surface area contributed by atoms with Crippen LogP contribution in [0.4, 0.5) is 5.82 Å². The first-order valence-corrected chi connectivity index (χ1v) is 12.9. The summed E-state index contributed by atoms with van der Waals surface area (Å²) >= 11 is 0. The Morgan fingerprint density at radius 3 is 2.48 bits per heavy atom. The minimum atomic E-state index is -3.18. The summed E-state index contributed by atoms with van der Waals surface area (Å²) < 4.78 is 26.5. The molecule has 0 atom stereocenters. The van der Waals surface area contributed by atoms with Crippen LogP contribution in [0, 0.1) is 5.92 Å². The van der Waals surface area contributed by atoms with Gasteiger partial charge in [-0.3, -0.25) is 4.79 Å². The van der Waals surface area contributed by atoms with Gasteiger partial charge >= 0.3 is 0 Å². The molecule has 2 aliphatic rings. The summed E-state index contributed by atoms with van der Waals surface area (Å²) in [5, 5.41) is 8.41. The van der Waals surface area contributed by atoms with Crippen molar-refractivity contribution in [1.29, 1.82) is 0 Å². The number of rotatable bonds is 6. The lowest BCUT2D eigenvalue weighted by atomic mass is 9.97. The Balaban J connectivity index is 1.33. The average Bonchev–Trinajstić information content (AvgIpc) is 2.98. The van der Waals surface area contributed by atoms with Gasteiger partial charge in [-0.1, -0.05) is 12.8 Å². The third-order valence-corrected chi connectivity index (χ3v) is 7.54. The third-order valence-electron chi connectivity index (χ3n) is 6.23. The van der Waals surface area contributed by atoms with Crippen LogP contribution in [0.15, 0.2) is 12.5 Å². The van der Waals surface area contributed by atoms with Gasteiger partial charge in [0.05, 0.1) is 24.4 Å². The highest BCUT2D eigenvalue weighted by molar-refractivity contribution is 7.88. The molecule has 2 saturated heterocycles. The van der Waals surface area contributed by atoms with E-state index >= 15 is 0 Å². The highest BCUT2D eigenvalue weighted by Gasteiger charge is 2.28. The van der Waals surface area contributed by atoms with Crippen molar-refractivity contribution >= 4 is 32.8 Å². The molecule has 4 rings (SSSR count). The van der Waals surface area contributed by atoms with Crippen molar-refractivity contribution < 1.29 is 13.2 Å². The minimum Gasteiger partial charge on any atom is -0.356 e. The van der Waals surface area contributed by atoms with Crippen molar-refractivity contribution in [2.24, 2.45) is 5.92 Å². The minimum absolute atomic E-state index is 0.0236. The summed E-state index contributed by atoms with van der Waals surface area (Å²) in [6, 6.07) is 0. The number of carbonyl (C=O) groups excluding carboxylic acids is 1. The lowest BCUT2D eigenvalue weighted by molar-refractivity contribution is -0.126. The van der Waals surface area contributed by atoms with Gasteiger partial charge < -0.3 is 10.2 Å². The van der Waals surface area contributed by atoms with Crippen LogP contribution in [0.2, 0.25) is 0 Å². The van der Waals surface area contributed by atoms with E-state index in [-0.39, 0.29) is 11.8 Å². The molecule has 0 spiro atoms. The van der Waals surface area contributed by atoms with Crippen LogP contribution < -0.4 is 10.2 Å². The first-order chi connectivity index (χ1) is 14.9. The van der Waals surface area contributed by atoms with E-state index in [0.717, 1.165) is 29.9 Å². The fourth-order valence-electron chi connectivity index (χ4n) is 4.46. The molecule has 2 fully saturated rings. The number of amides is 1. The van der Waals surface area contributed by atoms with Crippen LogP contribution in [0.1, 0.15) is 38.5 Å². The van der Waals surface area contributed by atoms with Crippen molar-refractivity contribution in [3.05, 3.63) is 12.5 Å². The average molecular weight is 450 g/mol. The molecule has 2 aliphatic heterocycles. The predicted octanol–water partition coefficient (Wildman–Crippen LogP) is 0.995.